The standard InChI is InChI=1S/C28H27N3O4/c1-17-21(26(32)33)14-15-22-23(17)31-25(24(30-22)19-8-6-5-7-9-19)20-12-10-18(11-13-20)16-29-27(34)35-28(2,3)4/h5-15H,16H2,1-4H3,(H,29,34)(H,32,33). The zero-order valence-electron chi connectivity index (χ0n) is 20.1. The Labute approximate surface area is 203 Å². The summed E-state index contributed by atoms with van der Waals surface area (Å²) in [6.07, 6.45) is -0.474. The SMILES string of the molecule is Cc1c(C(=O)O)ccc2nc(-c3ccccc3)c(-c3ccc(CNC(=O)OC(C)(C)C)cc3)nc12. The second-order valence-corrected chi connectivity index (χ2v) is 9.25. The predicted molar refractivity (Wildman–Crippen MR) is 135 cm³/mol. The zero-order chi connectivity index (χ0) is 25.2. The van der Waals surface area contributed by atoms with Crippen molar-refractivity contribution < 1.29 is 19.4 Å². The Morgan fingerprint density at radius 1 is 0.886 bits per heavy atom. The summed E-state index contributed by atoms with van der Waals surface area (Å²) in [4.78, 5) is 33.4. The third-order valence-electron chi connectivity index (χ3n) is 5.43. The molecule has 1 heterocycles. The topological polar surface area (TPSA) is 101 Å². The number of alkyl carbamates (subject to hydrolysis) is 1. The van der Waals surface area contributed by atoms with Crippen LogP contribution < -0.4 is 5.32 Å². The number of rotatable bonds is 5. The average molecular weight is 470 g/mol. The number of aromatic carboxylic acids is 1. The first-order valence-corrected chi connectivity index (χ1v) is 11.3. The van der Waals surface area contributed by atoms with Gasteiger partial charge >= 0.3 is 12.1 Å². The van der Waals surface area contributed by atoms with Gasteiger partial charge in [0, 0.05) is 17.7 Å². The van der Waals surface area contributed by atoms with Gasteiger partial charge in [0.05, 0.1) is 28.0 Å². The molecule has 0 bridgehead atoms. The smallest absolute Gasteiger partial charge is 0.407 e. The summed E-state index contributed by atoms with van der Waals surface area (Å²) in [6.45, 7) is 7.52. The fraction of sp³-hybridized carbons (Fsp3) is 0.214. The van der Waals surface area contributed by atoms with Crippen LogP contribution in [-0.2, 0) is 11.3 Å². The fourth-order valence-electron chi connectivity index (χ4n) is 3.75. The number of carboxylic acid groups (broad SMARTS) is 1. The molecule has 0 aliphatic carbocycles. The maximum absolute atomic E-state index is 12.0. The summed E-state index contributed by atoms with van der Waals surface area (Å²) in [5.41, 5.74) is 5.40. The first kappa shape index (κ1) is 23.9. The Morgan fingerprint density at radius 2 is 1.51 bits per heavy atom. The van der Waals surface area contributed by atoms with Gasteiger partial charge in [0.2, 0.25) is 0 Å². The number of nitrogens with zero attached hydrogens (tertiary/aromatic N) is 2. The van der Waals surface area contributed by atoms with Gasteiger partial charge in [-0.3, -0.25) is 0 Å². The number of aromatic nitrogens is 2. The molecule has 0 aliphatic heterocycles. The molecule has 0 spiro atoms. The summed E-state index contributed by atoms with van der Waals surface area (Å²) in [5.74, 6) is -0.998. The summed E-state index contributed by atoms with van der Waals surface area (Å²) < 4.78 is 5.29. The molecule has 0 radical (unpaired) electrons. The first-order valence-electron chi connectivity index (χ1n) is 11.3. The molecule has 3 aromatic carbocycles. The van der Waals surface area contributed by atoms with E-state index in [-0.39, 0.29) is 5.56 Å². The van der Waals surface area contributed by atoms with Crippen LogP contribution in [0.4, 0.5) is 4.79 Å². The Balaban J connectivity index is 1.73. The van der Waals surface area contributed by atoms with Crippen molar-refractivity contribution in [2.24, 2.45) is 0 Å². The minimum Gasteiger partial charge on any atom is -0.478 e. The van der Waals surface area contributed by atoms with E-state index in [0.717, 1.165) is 16.7 Å². The molecule has 0 saturated heterocycles. The van der Waals surface area contributed by atoms with Crippen LogP contribution in [0.2, 0.25) is 0 Å². The summed E-state index contributed by atoms with van der Waals surface area (Å²) >= 11 is 0. The highest BCUT2D eigenvalue weighted by molar-refractivity contribution is 5.97. The van der Waals surface area contributed by atoms with Crippen LogP contribution in [-0.4, -0.2) is 32.7 Å². The monoisotopic (exact) mass is 469 g/mol. The Bertz CT molecular complexity index is 1390. The molecule has 0 saturated carbocycles. The molecular weight excluding hydrogens is 442 g/mol. The lowest BCUT2D eigenvalue weighted by Gasteiger charge is -2.19. The molecule has 0 aliphatic rings. The molecule has 0 fully saturated rings. The van der Waals surface area contributed by atoms with E-state index in [1.54, 1.807) is 19.1 Å². The van der Waals surface area contributed by atoms with Crippen molar-refractivity contribution in [3.63, 3.8) is 0 Å². The lowest BCUT2D eigenvalue weighted by molar-refractivity contribution is 0.0523. The van der Waals surface area contributed by atoms with Crippen LogP contribution in [0.3, 0.4) is 0 Å². The number of hydrogen-bond acceptors (Lipinski definition) is 5. The predicted octanol–water partition coefficient (Wildman–Crippen LogP) is 6.00. The zero-order valence-corrected chi connectivity index (χ0v) is 20.1. The Hall–Kier alpha value is -4.26. The molecule has 7 heteroatoms. The molecule has 4 aromatic rings. The van der Waals surface area contributed by atoms with Gasteiger partial charge in [-0.25, -0.2) is 19.6 Å². The van der Waals surface area contributed by atoms with Crippen molar-refractivity contribution in [1.82, 2.24) is 15.3 Å². The summed E-state index contributed by atoms with van der Waals surface area (Å²) in [5, 5.41) is 12.3. The largest absolute Gasteiger partial charge is 0.478 e. The number of benzene rings is 3. The van der Waals surface area contributed by atoms with Crippen LogP contribution in [0.25, 0.3) is 33.5 Å². The van der Waals surface area contributed by atoms with E-state index in [2.05, 4.69) is 5.32 Å². The molecule has 178 valence electrons. The molecule has 0 unspecified atom stereocenters. The van der Waals surface area contributed by atoms with E-state index >= 15 is 0 Å². The van der Waals surface area contributed by atoms with Crippen molar-refractivity contribution >= 4 is 23.1 Å². The van der Waals surface area contributed by atoms with Crippen LogP contribution in [0.15, 0.2) is 66.7 Å². The van der Waals surface area contributed by atoms with Crippen LogP contribution in [0.1, 0.15) is 42.3 Å². The number of carbonyl (C=O) groups excluding carboxylic acids is 1. The normalized spacial score (nSPS) is 11.3. The minimum absolute atomic E-state index is 0.203. The minimum atomic E-state index is -0.998. The van der Waals surface area contributed by atoms with E-state index in [4.69, 9.17) is 14.7 Å². The average Bonchev–Trinajstić information content (AvgIpc) is 2.82. The quantitative estimate of drug-likeness (QED) is 0.372. The fourth-order valence-corrected chi connectivity index (χ4v) is 3.75. The number of nitrogens with one attached hydrogen (secondary N) is 1. The molecule has 2 N–H and O–H groups in total. The summed E-state index contributed by atoms with van der Waals surface area (Å²) in [6, 6.07) is 20.7. The second-order valence-electron chi connectivity index (χ2n) is 9.25. The highest BCUT2D eigenvalue weighted by Gasteiger charge is 2.18. The molecule has 0 atom stereocenters. The van der Waals surface area contributed by atoms with Crippen LogP contribution in [0.5, 0.6) is 0 Å². The van der Waals surface area contributed by atoms with Gasteiger partial charge in [-0.15, -0.1) is 0 Å². The van der Waals surface area contributed by atoms with Gasteiger partial charge in [0.15, 0.2) is 0 Å². The number of fused-ring (bicyclic) bond motifs is 1. The number of carboxylic acids is 1. The van der Waals surface area contributed by atoms with E-state index in [9.17, 15) is 14.7 Å². The van der Waals surface area contributed by atoms with E-state index < -0.39 is 17.7 Å². The van der Waals surface area contributed by atoms with Crippen molar-refractivity contribution in [3.05, 3.63) is 83.4 Å². The van der Waals surface area contributed by atoms with Crippen molar-refractivity contribution in [2.45, 2.75) is 39.8 Å². The molecule has 1 aromatic heterocycles. The van der Waals surface area contributed by atoms with Crippen LogP contribution in [0, 0.1) is 6.92 Å². The third kappa shape index (κ3) is 5.46. The lowest BCUT2D eigenvalue weighted by atomic mass is 10.0. The first-order chi connectivity index (χ1) is 16.6. The van der Waals surface area contributed by atoms with Crippen molar-refractivity contribution in [1.29, 1.82) is 0 Å². The van der Waals surface area contributed by atoms with Gasteiger partial charge in [-0.05, 0) is 51.0 Å². The number of amides is 1. The van der Waals surface area contributed by atoms with Crippen molar-refractivity contribution in [3.8, 4) is 22.5 Å². The maximum Gasteiger partial charge on any atom is 0.407 e. The van der Waals surface area contributed by atoms with E-state index in [1.165, 1.54) is 0 Å². The number of carbonyl (C=O) groups is 2. The number of ether oxygens (including phenoxy) is 1. The lowest BCUT2D eigenvalue weighted by Crippen LogP contribution is -2.32. The Morgan fingerprint density at radius 3 is 2.14 bits per heavy atom. The van der Waals surface area contributed by atoms with E-state index in [1.807, 2.05) is 75.4 Å². The summed E-state index contributed by atoms with van der Waals surface area (Å²) in [7, 11) is 0. The number of hydrogen-bond donors (Lipinski definition) is 2. The van der Waals surface area contributed by atoms with E-state index in [0.29, 0.717) is 34.5 Å². The second kappa shape index (κ2) is 9.54. The molecular formula is C28H27N3O4. The molecule has 1 amide bonds. The van der Waals surface area contributed by atoms with Gasteiger partial charge in [0.25, 0.3) is 0 Å². The van der Waals surface area contributed by atoms with Gasteiger partial charge < -0.3 is 15.2 Å². The van der Waals surface area contributed by atoms with Crippen LogP contribution >= 0.6 is 0 Å². The van der Waals surface area contributed by atoms with Crippen molar-refractivity contribution in [2.75, 3.05) is 0 Å². The Kier molecular flexibility index (Phi) is 6.51. The van der Waals surface area contributed by atoms with Gasteiger partial charge in [0.1, 0.15) is 5.60 Å². The van der Waals surface area contributed by atoms with Gasteiger partial charge in [-0.2, -0.15) is 0 Å². The third-order valence-corrected chi connectivity index (χ3v) is 5.43. The maximum atomic E-state index is 12.0. The molecule has 35 heavy (non-hydrogen) atoms. The number of aryl methyl sites for hydroxylation is 1. The molecule has 7 nitrogen and oxygen atoms in total. The molecule has 4 rings (SSSR count). The highest BCUT2D eigenvalue weighted by Crippen LogP contribution is 2.32. The van der Waals surface area contributed by atoms with Gasteiger partial charge in [-0.1, -0.05) is 54.6 Å². The highest BCUT2D eigenvalue weighted by atomic mass is 16.6.